The van der Waals surface area contributed by atoms with Crippen molar-refractivity contribution in [3.63, 3.8) is 0 Å². The van der Waals surface area contributed by atoms with Crippen LogP contribution in [0, 0.1) is 5.92 Å². The highest BCUT2D eigenvalue weighted by Gasteiger charge is 2.41. The van der Waals surface area contributed by atoms with E-state index in [1.54, 1.807) is 0 Å². The number of nitrogens with zero attached hydrogens (tertiary/aromatic N) is 13. The Balaban J connectivity index is 0.761. The summed E-state index contributed by atoms with van der Waals surface area (Å²) in [5, 5.41) is 0. The number of rotatable bonds is 13. The van der Waals surface area contributed by atoms with E-state index in [0.717, 1.165) is 93.4 Å². The zero-order chi connectivity index (χ0) is 51.3. The van der Waals surface area contributed by atoms with E-state index in [2.05, 4.69) is 105 Å². The first kappa shape index (κ1) is 49.4. The van der Waals surface area contributed by atoms with Crippen molar-refractivity contribution < 1.29 is 19.1 Å². The molecule has 0 bridgehead atoms. The van der Waals surface area contributed by atoms with Crippen molar-refractivity contribution in [1.29, 1.82) is 0 Å². The molecule has 17 nitrogen and oxygen atoms in total. The van der Waals surface area contributed by atoms with Gasteiger partial charge in [-0.1, -0.05) is 37.4 Å². The average molecular weight is 1020 g/mol. The zero-order valence-corrected chi connectivity index (χ0v) is 44.5. The number of hydrogen-bond acceptors (Lipinski definition) is 15. The Morgan fingerprint density at radius 3 is 1.80 bits per heavy atom. The quantitative estimate of drug-likeness (QED) is 0.153. The molecule has 17 heteroatoms. The highest BCUT2D eigenvalue weighted by Crippen LogP contribution is 2.49. The van der Waals surface area contributed by atoms with Crippen LogP contribution in [0.3, 0.4) is 0 Å². The summed E-state index contributed by atoms with van der Waals surface area (Å²) in [6, 6.07) is 15.2. The minimum Gasteiger partial charge on any atom is -0.462 e. The summed E-state index contributed by atoms with van der Waals surface area (Å²) in [5.74, 6) is 2.68. The van der Waals surface area contributed by atoms with Gasteiger partial charge in [-0.25, -0.2) is 0 Å². The Hall–Kier alpha value is -6.46. The molecule has 0 saturated carbocycles. The summed E-state index contributed by atoms with van der Waals surface area (Å²) in [6.45, 7) is 19.7. The van der Waals surface area contributed by atoms with Crippen LogP contribution in [-0.2, 0) is 48.6 Å². The van der Waals surface area contributed by atoms with Crippen LogP contribution in [0.4, 0.5) is 28.7 Å². The summed E-state index contributed by atoms with van der Waals surface area (Å²) < 4.78 is 13.2. The molecule has 1 aliphatic carbocycles. The van der Waals surface area contributed by atoms with Gasteiger partial charge in [-0.3, -0.25) is 14.5 Å². The maximum Gasteiger partial charge on any atom is 0.318 e. The van der Waals surface area contributed by atoms with E-state index in [-0.39, 0.29) is 17.9 Å². The second kappa shape index (κ2) is 20.9. The van der Waals surface area contributed by atoms with Crippen molar-refractivity contribution in [1.82, 2.24) is 39.5 Å². The number of likely N-dealkylation sites (tertiary alicyclic amines) is 2. The van der Waals surface area contributed by atoms with E-state index < -0.39 is 0 Å². The first-order chi connectivity index (χ1) is 36.6. The van der Waals surface area contributed by atoms with Gasteiger partial charge < -0.3 is 48.7 Å². The van der Waals surface area contributed by atoms with E-state index in [1.165, 1.54) is 70.7 Å². The Kier molecular flexibility index (Phi) is 13.8. The number of anilines is 5. The first-order valence-corrected chi connectivity index (χ1v) is 27.8. The monoisotopic (exact) mass is 1020 g/mol. The third kappa shape index (κ3) is 9.63. The van der Waals surface area contributed by atoms with Crippen molar-refractivity contribution in [2.75, 3.05) is 131 Å². The predicted molar refractivity (Wildman–Crippen MR) is 293 cm³/mol. The topological polar surface area (TPSA) is 133 Å². The number of aromatic nitrogens is 4. The Morgan fingerprint density at radius 2 is 1.19 bits per heavy atom. The van der Waals surface area contributed by atoms with Crippen LogP contribution in [0.5, 0.6) is 12.0 Å². The van der Waals surface area contributed by atoms with E-state index in [9.17, 15) is 9.59 Å². The molecule has 0 spiro atoms. The Labute approximate surface area is 442 Å². The van der Waals surface area contributed by atoms with Gasteiger partial charge in [0.1, 0.15) is 24.8 Å². The van der Waals surface area contributed by atoms with Gasteiger partial charge in [-0.2, -0.15) is 19.9 Å². The van der Waals surface area contributed by atoms with Crippen molar-refractivity contribution in [3.05, 3.63) is 101 Å². The molecule has 4 saturated heterocycles. The maximum atomic E-state index is 12.6. The molecular weight excluding hydrogens is 943 g/mol. The van der Waals surface area contributed by atoms with Crippen molar-refractivity contribution in [2.24, 2.45) is 5.92 Å². The second-order valence-electron chi connectivity index (χ2n) is 22.4. The smallest absolute Gasteiger partial charge is 0.318 e. The van der Waals surface area contributed by atoms with Gasteiger partial charge in [0.05, 0.1) is 35.9 Å². The van der Waals surface area contributed by atoms with Crippen LogP contribution in [0.25, 0.3) is 0 Å². The molecule has 0 N–H and O–H groups in total. The molecule has 0 radical (unpaired) electrons. The van der Waals surface area contributed by atoms with E-state index >= 15 is 0 Å². The molecule has 396 valence electrons. The number of carbonyl (C=O) groups excluding carboxylic acids is 2. The number of aryl methyl sites for hydroxylation is 1. The molecule has 2 aromatic heterocycles. The number of carbonyl (C=O) groups is 2. The van der Waals surface area contributed by atoms with Gasteiger partial charge in [0, 0.05) is 114 Å². The van der Waals surface area contributed by atoms with Gasteiger partial charge in [0.25, 0.3) is 0 Å². The lowest BCUT2D eigenvalue weighted by Crippen LogP contribution is -2.48. The normalized spacial score (nSPS) is 23.8. The van der Waals surface area contributed by atoms with E-state index in [0.29, 0.717) is 109 Å². The molecule has 7 aliphatic heterocycles. The standard InChI is InChI=1S/C58H75N13O4/c1-6-52(72)66-23-27-68(28-24-66)55-46-33-70(50-18-10-14-39-13-8-9-16-44(39)50)35-48(46)59-58(62-55)75-38-42-31-40(32-65(42)5)43-20-22-64(4)54-45(43)17-11-19-51(54)71-34-47-49(36-71)60-57(74-37-41-15-12-21-63(41)3)61-56(47)69-29-25-67(26-30-69)53(73)7-2/h6-7,10-11,14,17-19,40-43H,1-2,8-9,12-13,15-16,20-38H2,3-5H3/t40?,41-,42-,43?/m0/s1. The SMILES string of the molecule is C=CC(=O)N1CCN(c2nc(OC[C@@H]3CC(C4CCN(C)c5c4cccc5N4Cc5nc(OC[C@@H]6CCCN6C)nc(N6CCN(C(=O)C=C)CC6)c5C4)CN3C)nc3c2CN(c2cccc4c2CCCC4)C3)CC1. The van der Waals surface area contributed by atoms with Gasteiger partial charge in [-0.15, -0.1) is 0 Å². The molecule has 2 aromatic carbocycles. The average Bonchev–Trinajstić information content (AvgIpc) is 4.27. The number of benzene rings is 2. The predicted octanol–water partition coefficient (Wildman–Crippen LogP) is 5.65. The Bertz CT molecular complexity index is 2830. The summed E-state index contributed by atoms with van der Waals surface area (Å²) in [5.41, 5.74) is 12.6. The fraction of sp³-hybridized carbons (Fsp3) is 0.552. The fourth-order valence-electron chi connectivity index (χ4n) is 13.8. The number of likely N-dealkylation sites (N-methyl/N-ethyl adjacent to an activating group) is 2. The van der Waals surface area contributed by atoms with Crippen LogP contribution in [0.1, 0.15) is 83.6 Å². The number of hydrogen-bond donors (Lipinski definition) is 0. The molecule has 8 aliphatic rings. The zero-order valence-electron chi connectivity index (χ0n) is 44.5. The second-order valence-corrected chi connectivity index (χ2v) is 22.4. The largest absolute Gasteiger partial charge is 0.462 e. The molecule has 2 unspecified atom stereocenters. The van der Waals surface area contributed by atoms with Crippen LogP contribution in [-0.4, -0.2) is 170 Å². The molecule has 4 atom stereocenters. The van der Waals surface area contributed by atoms with Gasteiger partial charge in [0.2, 0.25) is 11.8 Å². The van der Waals surface area contributed by atoms with Crippen LogP contribution >= 0.6 is 0 Å². The summed E-state index contributed by atoms with van der Waals surface area (Å²) in [6.07, 6.45) is 12.0. The molecule has 4 aromatic rings. The number of ether oxygens (including phenoxy) is 2. The number of para-hydroxylation sites is 1. The third-order valence-corrected chi connectivity index (χ3v) is 18.0. The first-order valence-electron chi connectivity index (χ1n) is 27.8. The minimum absolute atomic E-state index is 0.0223. The molecule has 4 fully saturated rings. The lowest BCUT2D eigenvalue weighted by Gasteiger charge is -2.39. The molecule has 2 amide bonds. The van der Waals surface area contributed by atoms with Crippen LogP contribution < -0.4 is 34.0 Å². The number of piperazine rings is 2. The van der Waals surface area contributed by atoms with Crippen LogP contribution in [0.2, 0.25) is 0 Å². The molecule has 12 rings (SSSR count). The molecule has 9 heterocycles. The highest BCUT2D eigenvalue weighted by atomic mass is 16.5. The van der Waals surface area contributed by atoms with Crippen LogP contribution in [0.15, 0.2) is 61.7 Å². The minimum atomic E-state index is -0.0267. The van der Waals surface area contributed by atoms with Gasteiger partial charge >= 0.3 is 12.0 Å². The summed E-state index contributed by atoms with van der Waals surface area (Å²) >= 11 is 0. The summed E-state index contributed by atoms with van der Waals surface area (Å²) in [4.78, 5) is 66.5. The lowest BCUT2D eigenvalue weighted by atomic mass is 9.79. The maximum absolute atomic E-state index is 12.6. The van der Waals surface area contributed by atoms with E-state index in [4.69, 9.17) is 29.4 Å². The lowest BCUT2D eigenvalue weighted by molar-refractivity contribution is -0.127. The fourth-order valence-corrected chi connectivity index (χ4v) is 13.8. The van der Waals surface area contributed by atoms with E-state index in [1.807, 2.05) is 9.80 Å². The molecule has 75 heavy (non-hydrogen) atoms. The third-order valence-electron chi connectivity index (χ3n) is 18.0. The van der Waals surface area contributed by atoms with Crippen molar-refractivity contribution in [2.45, 2.75) is 95.5 Å². The van der Waals surface area contributed by atoms with Crippen molar-refractivity contribution >= 4 is 40.5 Å². The molecular formula is C58H75N13O4. The number of fused-ring (bicyclic) bond motifs is 4. The summed E-state index contributed by atoms with van der Waals surface area (Å²) in [7, 11) is 6.67. The van der Waals surface area contributed by atoms with Gasteiger partial charge in [0.15, 0.2) is 0 Å². The number of amides is 2. The highest BCUT2D eigenvalue weighted by molar-refractivity contribution is 5.87. The van der Waals surface area contributed by atoms with Crippen molar-refractivity contribution in [3.8, 4) is 12.0 Å². The van der Waals surface area contributed by atoms with Gasteiger partial charge in [-0.05, 0) is 125 Å². The Morgan fingerprint density at radius 1 is 0.600 bits per heavy atom.